The molecular weight excluding hydrogens is 533 g/mol. The third kappa shape index (κ3) is 5.15. The molecule has 0 fully saturated rings. The van der Waals surface area contributed by atoms with Crippen molar-refractivity contribution in [2.75, 3.05) is 12.9 Å². The number of rotatable bonds is 6. The van der Waals surface area contributed by atoms with Gasteiger partial charge in [-0.05, 0) is 29.8 Å². The number of ether oxygens (including phenoxy) is 1. The SMILES string of the molecule is COC(=O)C1=C(CSc2ccncc2)NC(c2ncc(F)cc2F)=NC1c1ccc(F)cc1Br. The summed E-state index contributed by atoms with van der Waals surface area (Å²) >= 11 is 4.72. The Balaban J connectivity index is 1.85. The van der Waals surface area contributed by atoms with Gasteiger partial charge >= 0.3 is 5.97 Å². The summed E-state index contributed by atoms with van der Waals surface area (Å²) in [4.78, 5) is 26.1. The maximum atomic E-state index is 14.6. The van der Waals surface area contributed by atoms with Gasteiger partial charge in [0.2, 0.25) is 0 Å². The summed E-state index contributed by atoms with van der Waals surface area (Å²) in [5.74, 6) is -2.66. The second-order valence-corrected chi connectivity index (χ2v) is 8.91. The topological polar surface area (TPSA) is 76.5 Å². The van der Waals surface area contributed by atoms with Gasteiger partial charge in [-0.2, -0.15) is 0 Å². The van der Waals surface area contributed by atoms with E-state index in [0.29, 0.717) is 21.8 Å². The predicted molar refractivity (Wildman–Crippen MR) is 125 cm³/mol. The summed E-state index contributed by atoms with van der Waals surface area (Å²) in [6.07, 6.45) is 4.14. The Morgan fingerprint density at radius 3 is 2.59 bits per heavy atom. The quantitative estimate of drug-likeness (QED) is 0.346. The molecule has 174 valence electrons. The maximum absolute atomic E-state index is 14.6. The van der Waals surface area contributed by atoms with Gasteiger partial charge in [0.25, 0.3) is 0 Å². The van der Waals surface area contributed by atoms with Crippen LogP contribution < -0.4 is 5.32 Å². The first-order valence-electron chi connectivity index (χ1n) is 9.82. The number of nitrogens with zero attached hydrogens (tertiary/aromatic N) is 3. The summed E-state index contributed by atoms with van der Waals surface area (Å²) in [5, 5.41) is 2.97. The molecule has 6 nitrogen and oxygen atoms in total. The molecule has 0 aliphatic carbocycles. The average molecular weight is 549 g/mol. The molecular formula is C23H16BrF3N4O2S. The van der Waals surface area contributed by atoms with Crippen LogP contribution in [0, 0.1) is 17.5 Å². The Morgan fingerprint density at radius 1 is 1.15 bits per heavy atom. The lowest BCUT2D eigenvalue weighted by Crippen LogP contribution is -2.35. The lowest BCUT2D eigenvalue weighted by molar-refractivity contribution is -0.136. The zero-order valence-electron chi connectivity index (χ0n) is 17.6. The zero-order chi connectivity index (χ0) is 24.2. The summed E-state index contributed by atoms with van der Waals surface area (Å²) in [7, 11) is 1.24. The minimum atomic E-state index is -0.974. The minimum Gasteiger partial charge on any atom is -0.466 e. The number of esters is 1. The highest BCUT2D eigenvalue weighted by Crippen LogP contribution is 2.37. The van der Waals surface area contributed by atoms with Gasteiger partial charge in [-0.25, -0.2) is 22.9 Å². The Morgan fingerprint density at radius 2 is 1.91 bits per heavy atom. The molecule has 11 heteroatoms. The molecule has 1 atom stereocenters. The molecule has 3 aromatic rings. The molecule has 0 bridgehead atoms. The average Bonchev–Trinajstić information content (AvgIpc) is 2.82. The first-order chi connectivity index (χ1) is 16.4. The number of hydrogen-bond acceptors (Lipinski definition) is 7. The van der Waals surface area contributed by atoms with Crippen molar-refractivity contribution < 1.29 is 22.7 Å². The van der Waals surface area contributed by atoms with Crippen LogP contribution in [0.5, 0.6) is 0 Å². The van der Waals surface area contributed by atoms with Crippen LogP contribution in [0.3, 0.4) is 0 Å². The summed E-state index contributed by atoms with van der Waals surface area (Å²) in [5.41, 5.74) is 0.794. The third-order valence-electron chi connectivity index (χ3n) is 4.85. The van der Waals surface area contributed by atoms with Gasteiger partial charge in [0.1, 0.15) is 23.4 Å². The van der Waals surface area contributed by atoms with Crippen LogP contribution in [0.15, 0.2) is 80.6 Å². The number of carbonyl (C=O) groups excluding carboxylic acids is 1. The molecule has 0 saturated heterocycles. The Hall–Kier alpha value is -3.18. The molecule has 1 N–H and O–H groups in total. The van der Waals surface area contributed by atoms with E-state index in [4.69, 9.17) is 4.74 Å². The number of aliphatic imine (C=N–C) groups is 1. The van der Waals surface area contributed by atoms with Crippen molar-refractivity contribution in [3.63, 3.8) is 0 Å². The minimum absolute atomic E-state index is 0.00305. The van der Waals surface area contributed by atoms with E-state index < -0.39 is 29.5 Å². The Bertz CT molecular complexity index is 1300. The molecule has 1 aliphatic rings. The van der Waals surface area contributed by atoms with E-state index >= 15 is 0 Å². The van der Waals surface area contributed by atoms with Crippen molar-refractivity contribution in [3.8, 4) is 0 Å². The van der Waals surface area contributed by atoms with Gasteiger partial charge in [-0.15, -0.1) is 11.8 Å². The second-order valence-electron chi connectivity index (χ2n) is 7.01. The van der Waals surface area contributed by atoms with E-state index in [9.17, 15) is 18.0 Å². The largest absolute Gasteiger partial charge is 0.466 e. The molecule has 1 unspecified atom stereocenters. The number of aromatic nitrogens is 2. The normalized spacial score (nSPS) is 15.6. The molecule has 34 heavy (non-hydrogen) atoms. The summed E-state index contributed by atoms with van der Waals surface area (Å²) < 4.78 is 47.2. The van der Waals surface area contributed by atoms with E-state index in [0.717, 1.165) is 11.1 Å². The number of nitrogens with one attached hydrogen (secondary N) is 1. The number of carbonyl (C=O) groups is 1. The van der Waals surface area contributed by atoms with Crippen molar-refractivity contribution in [2.24, 2.45) is 4.99 Å². The molecule has 0 saturated carbocycles. The van der Waals surface area contributed by atoms with Crippen LogP contribution in [0.25, 0.3) is 0 Å². The van der Waals surface area contributed by atoms with Gasteiger partial charge in [0.15, 0.2) is 11.7 Å². The van der Waals surface area contributed by atoms with Crippen molar-refractivity contribution in [1.82, 2.24) is 15.3 Å². The number of amidine groups is 1. The summed E-state index contributed by atoms with van der Waals surface area (Å²) in [6, 6.07) is 7.27. The van der Waals surface area contributed by atoms with E-state index in [1.807, 2.05) is 0 Å². The lowest BCUT2D eigenvalue weighted by Gasteiger charge is -2.28. The van der Waals surface area contributed by atoms with Crippen molar-refractivity contribution >= 4 is 39.5 Å². The smallest absolute Gasteiger partial charge is 0.338 e. The highest BCUT2D eigenvalue weighted by atomic mass is 79.9. The van der Waals surface area contributed by atoms with Gasteiger partial charge in [0, 0.05) is 39.3 Å². The fourth-order valence-electron chi connectivity index (χ4n) is 3.31. The molecule has 1 aromatic carbocycles. The lowest BCUT2D eigenvalue weighted by atomic mass is 9.95. The molecule has 0 amide bonds. The standard InChI is InChI=1S/C23H16BrF3N4O2S/c1-33-23(32)19-18(11-34-14-4-6-28-7-5-14)30-22(21-17(27)9-13(26)10-29-21)31-20(19)15-3-2-12(25)8-16(15)24/h2-10,20H,11H2,1H3,(H,30,31). The van der Waals surface area contributed by atoms with Gasteiger partial charge in [-0.1, -0.05) is 22.0 Å². The molecule has 4 rings (SSSR count). The number of methoxy groups -OCH3 is 1. The summed E-state index contributed by atoms with van der Waals surface area (Å²) in [6.45, 7) is 0. The first kappa shape index (κ1) is 24.0. The fourth-order valence-corrected chi connectivity index (χ4v) is 4.73. The molecule has 0 radical (unpaired) electrons. The van der Waals surface area contributed by atoms with Crippen LogP contribution in [-0.2, 0) is 9.53 Å². The number of hydrogen-bond donors (Lipinski definition) is 1. The van der Waals surface area contributed by atoms with Crippen LogP contribution >= 0.6 is 27.7 Å². The van der Waals surface area contributed by atoms with Crippen molar-refractivity contribution in [1.29, 1.82) is 0 Å². The Labute approximate surface area is 205 Å². The van der Waals surface area contributed by atoms with E-state index in [-0.39, 0.29) is 22.9 Å². The molecule has 2 aromatic heterocycles. The van der Waals surface area contributed by atoms with Gasteiger partial charge < -0.3 is 10.1 Å². The van der Waals surface area contributed by atoms with E-state index in [1.54, 1.807) is 24.5 Å². The van der Waals surface area contributed by atoms with Crippen molar-refractivity contribution in [3.05, 3.63) is 99.4 Å². The predicted octanol–water partition coefficient (Wildman–Crippen LogP) is 4.97. The molecule has 1 aliphatic heterocycles. The maximum Gasteiger partial charge on any atom is 0.338 e. The first-order valence-corrected chi connectivity index (χ1v) is 11.6. The van der Waals surface area contributed by atoms with Crippen molar-refractivity contribution in [2.45, 2.75) is 10.9 Å². The van der Waals surface area contributed by atoms with Crippen LogP contribution in [0.2, 0.25) is 0 Å². The van der Waals surface area contributed by atoms with Gasteiger partial charge in [-0.3, -0.25) is 9.98 Å². The monoisotopic (exact) mass is 548 g/mol. The highest BCUT2D eigenvalue weighted by molar-refractivity contribution is 9.10. The van der Waals surface area contributed by atoms with E-state index in [1.165, 1.54) is 37.1 Å². The number of pyridine rings is 2. The highest BCUT2D eigenvalue weighted by Gasteiger charge is 2.34. The molecule has 0 spiro atoms. The van der Waals surface area contributed by atoms with Crippen LogP contribution in [0.1, 0.15) is 17.3 Å². The van der Waals surface area contributed by atoms with Crippen LogP contribution in [0.4, 0.5) is 13.2 Å². The number of halogens is 4. The second kappa shape index (κ2) is 10.4. The fraction of sp³-hybridized carbons (Fsp3) is 0.130. The zero-order valence-corrected chi connectivity index (χ0v) is 20.0. The van der Waals surface area contributed by atoms with Gasteiger partial charge in [0.05, 0.1) is 18.9 Å². The number of benzene rings is 1. The molecule has 3 heterocycles. The Kier molecular flexibility index (Phi) is 7.32. The van der Waals surface area contributed by atoms with E-state index in [2.05, 4.69) is 36.2 Å². The number of thioether (sulfide) groups is 1. The van der Waals surface area contributed by atoms with Crippen LogP contribution in [-0.4, -0.2) is 34.6 Å². The third-order valence-corrected chi connectivity index (χ3v) is 6.58.